The molecular weight excluding hydrogens is 374 g/mol. The molecule has 0 saturated carbocycles. The second-order valence-corrected chi connectivity index (χ2v) is 8.67. The number of carbonyl (C=O) groups is 1. The van der Waals surface area contributed by atoms with E-state index >= 15 is 0 Å². The number of carbonyl (C=O) groups excluding carboxylic acids is 1. The maximum atomic E-state index is 13.2. The van der Waals surface area contributed by atoms with E-state index in [-0.39, 0.29) is 5.91 Å². The highest BCUT2D eigenvalue weighted by atomic mass is 32.2. The Morgan fingerprint density at radius 2 is 1.96 bits per heavy atom. The number of hydrogen-bond acceptors (Lipinski definition) is 5. The lowest BCUT2D eigenvalue weighted by Gasteiger charge is -2.27. The smallest absolute Gasteiger partial charge is 0.254 e. The number of benzene rings is 1. The van der Waals surface area contributed by atoms with Crippen LogP contribution in [-0.2, 0) is 18.7 Å². The van der Waals surface area contributed by atoms with Crippen LogP contribution in [0, 0.1) is 13.8 Å². The van der Waals surface area contributed by atoms with Gasteiger partial charge in [-0.05, 0) is 55.0 Å². The van der Waals surface area contributed by atoms with Crippen molar-refractivity contribution in [3.05, 3.63) is 74.7 Å². The van der Waals surface area contributed by atoms with Crippen molar-refractivity contribution in [1.29, 1.82) is 0 Å². The van der Waals surface area contributed by atoms with Crippen molar-refractivity contribution in [1.82, 2.24) is 14.9 Å². The van der Waals surface area contributed by atoms with Gasteiger partial charge in [-0.3, -0.25) is 4.79 Å². The SMILES string of the molecule is Cc1cc(C)nc(SCc2ccccc2C(=O)N2CCc3sccc3C2)n1. The standard InChI is InChI=1S/C21H21N3OS2/c1-14-11-15(2)23-21(22-14)27-13-17-5-3-4-6-18(17)20(25)24-9-7-19-16(12-24)8-10-26-19/h3-6,8,10-11H,7,9,12-13H2,1-2H3. The van der Waals surface area contributed by atoms with Gasteiger partial charge in [0.05, 0.1) is 0 Å². The summed E-state index contributed by atoms with van der Waals surface area (Å²) in [4.78, 5) is 25.5. The van der Waals surface area contributed by atoms with Gasteiger partial charge in [0.25, 0.3) is 5.91 Å². The number of thiophene rings is 1. The summed E-state index contributed by atoms with van der Waals surface area (Å²) in [7, 11) is 0. The average molecular weight is 396 g/mol. The first kappa shape index (κ1) is 18.2. The first-order valence-electron chi connectivity index (χ1n) is 8.97. The molecule has 27 heavy (non-hydrogen) atoms. The van der Waals surface area contributed by atoms with Crippen molar-refractivity contribution in [2.75, 3.05) is 6.54 Å². The molecular formula is C21H21N3OS2. The van der Waals surface area contributed by atoms with Crippen LogP contribution in [-0.4, -0.2) is 27.3 Å². The molecule has 2 aromatic heterocycles. The molecule has 6 heteroatoms. The van der Waals surface area contributed by atoms with E-state index in [2.05, 4.69) is 21.4 Å². The van der Waals surface area contributed by atoms with Crippen molar-refractivity contribution in [2.24, 2.45) is 0 Å². The number of hydrogen-bond donors (Lipinski definition) is 0. The van der Waals surface area contributed by atoms with Crippen LogP contribution in [0.3, 0.4) is 0 Å². The van der Waals surface area contributed by atoms with E-state index in [4.69, 9.17) is 0 Å². The van der Waals surface area contributed by atoms with Crippen molar-refractivity contribution in [3.63, 3.8) is 0 Å². The van der Waals surface area contributed by atoms with Crippen LogP contribution >= 0.6 is 23.1 Å². The summed E-state index contributed by atoms with van der Waals surface area (Å²) in [6.45, 7) is 5.45. The van der Waals surface area contributed by atoms with Gasteiger partial charge in [0.15, 0.2) is 5.16 Å². The van der Waals surface area contributed by atoms with Gasteiger partial charge < -0.3 is 4.90 Å². The molecule has 0 saturated heterocycles. The van der Waals surface area contributed by atoms with Gasteiger partial charge in [-0.2, -0.15) is 0 Å². The Kier molecular flexibility index (Phi) is 5.27. The van der Waals surface area contributed by atoms with Crippen LogP contribution in [0.25, 0.3) is 0 Å². The molecule has 1 aliphatic rings. The molecule has 1 aromatic carbocycles. The van der Waals surface area contributed by atoms with Crippen molar-refractivity contribution in [3.8, 4) is 0 Å². The first-order chi connectivity index (χ1) is 13.1. The molecule has 0 bridgehead atoms. The zero-order valence-electron chi connectivity index (χ0n) is 15.4. The summed E-state index contributed by atoms with van der Waals surface area (Å²) in [5.41, 5.74) is 5.04. The van der Waals surface area contributed by atoms with Crippen molar-refractivity contribution >= 4 is 29.0 Å². The summed E-state index contributed by atoms with van der Waals surface area (Å²) in [5, 5.41) is 2.88. The summed E-state index contributed by atoms with van der Waals surface area (Å²) in [5.74, 6) is 0.798. The number of aryl methyl sites for hydroxylation is 2. The molecule has 4 nitrogen and oxygen atoms in total. The number of fused-ring (bicyclic) bond motifs is 1. The molecule has 3 heterocycles. The van der Waals surface area contributed by atoms with Gasteiger partial charge in [0, 0.05) is 40.7 Å². The molecule has 0 unspecified atom stereocenters. The Morgan fingerprint density at radius 1 is 1.19 bits per heavy atom. The van der Waals surface area contributed by atoms with Gasteiger partial charge in [-0.25, -0.2) is 9.97 Å². The van der Waals surface area contributed by atoms with Gasteiger partial charge in [0.2, 0.25) is 0 Å². The Balaban J connectivity index is 1.51. The molecule has 0 fully saturated rings. The third-order valence-corrected chi connectivity index (χ3v) is 6.58. The highest BCUT2D eigenvalue weighted by molar-refractivity contribution is 7.98. The molecule has 0 aliphatic carbocycles. The lowest BCUT2D eigenvalue weighted by atomic mass is 10.0. The Labute approximate surface area is 167 Å². The maximum Gasteiger partial charge on any atom is 0.254 e. The van der Waals surface area contributed by atoms with E-state index < -0.39 is 0 Å². The summed E-state index contributed by atoms with van der Waals surface area (Å²) in [6.07, 6.45) is 0.950. The minimum atomic E-state index is 0.115. The zero-order chi connectivity index (χ0) is 18.8. The second kappa shape index (κ2) is 7.82. The number of aromatic nitrogens is 2. The highest BCUT2D eigenvalue weighted by Gasteiger charge is 2.24. The molecule has 0 atom stereocenters. The molecule has 138 valence electrons. The molecule has 3 aromatic rings. The molecule has 0 radical (unpaired) electrons. The normalized spacial score (nSPS) is 13.5. The van der Waals surface area contributed by atoms with Gasteiger partial charge >= 0.3 is 0 Å². The van der Waals surface area contributed by atoms with Crippen LogP contribution in [0.2, 0.25) is 0 Å². The topological polar surface area (TPSA) is 46.1 Å². The predicted octanol–water partition coefficient (Wildman–Crippen LogP) is 4.65. The number of rotatable bonds is 4. The van der Waals surface area contributed by atoms with E-state index in [0.717, 1.165) is 40.6 Å². The molecule has 0 N–H and O–H groups in total. The molecule has 0 spiro atoms. The largest absolute Gasteiger partial charge is 0.334 e. The lowest BCUT2D eigenvalue weighted by molar-refractivity contribution is 0.0735. The Bertz CT molecular complexity index is 963. The lowest BCUT2D eigenvalue weighted by Crippen LogP contribution is -2.35. The number of nitrogens with zero attached hydrogens (tertiary/aromatic N) is 3. The fourth-order valence-electron chi connectivity index (χ4n) is 3.35. The van der Waals surface area contributed by atoms with E-state index in [1.54, 1.807) is 23.1 Å². The first-order valence-corrected chi connectivity index (χ1v) is 10.8. The minimum Gasteiger partial charge on any atom is -0.334 e. The third kappa shape index (κ3) is 4.06. The van der Waals surface area contributed by atoms with Crippen LogP contribution in [0.4, 0.5) is 0 Å². The zero-order valence-corrected chi connectivity index (χ0v) is 17.1. The minimum absolute atomic E-state index is 0.115. The molecule has 4 rings (SSSR count). The van der Waals surface area contributed by atoms with Crippen LogP contribution in [0.5, 0.6) is 0 Å². The van der Waals surface area contributed by atoms with Gasteiger partial charge in [0.1, 0.15) is 0 Å². The number of amides is 1. The van der Waals surface area contributed by atoms with E-state index in [0.29, 0.717) is 12.3 Å². The van der Waals surface area contributed by atoms with E-state index in [1.807, 2.05) is 49.1 Å². The maximum absolute atomic E-state index is 13.2. The van der Waals surface area contributed by atoms with Crippen molar-refractivity contribution < 1.29 is 4.79 Å². The Morgan fingerprint density at radius 3 is 2.78 bits per heavy atom. The number of thioether (sulfide) groups is 1. The fraction of sp³-hybridized carbons (Fsp3) is 0.286. The third-order valence-electron chi connectivity index (χ3n) is 4.66. The summed E-state index contributed by atoms with van der Waals surface area (Å²) in [6, 6.07) is 12.0. The van der Waals surface area contributed by atoms with Crippen LogP contribution in [0.1, 0.15) is 37.7 Å². The second-order valence-electron chi connectivity index (χ2n) is 6.72. The fourth-order valence-corrected chi connectivity index (χ4v) is 5.19. The quantitative estimate of drug-likeness (QED) is 0.477. The average Bonchev–Trinajstić information content (AvgIpc) is 3.13. The highest BCUT2D eigenvalue weighted by Crippen LogP contribution is 2.27. The molecule has 1 amide bonds. The Hall–Kier alpha value is -2.18. The monoisotopic (exact) mass is 395 g/mol. The van der Waals surface area contributed by atoms with Gasteiger partial charge in [-0.1, -0.05) is 30.0 Å². The predicted molar refractivity (Wildman–Crippen MR) is 110 cm³/mol. The van der Waals surface area contributed by atoms with E-state index in [9.17, 15) is 4.79 Å². The summed E-state index contributed by atoms with van der Waals surface area (Å²) < 4.78 is 0. The molecule has 1 aliphatic heterocycles. The van der Waals surface area contributed by atoms with Crippen LogP contribution in [0.15, 0.2) is 46.9 Å². The van der Waals surface area contributed by atoms with Gasteiger partial charge in [-0.15, -0.1) is 11.3 Å². The van der Waals surface area contributed by atoms with Crippen molar-refractivity contribution in [2.45, 2.75) is 37.7 Å². The van der Waals surface area contributed by atoms with E-state index in [1.165, 1.54) is 10.4 Å². The van der Waals surface area contributed by atoms with Crippen LogP contribution < -0.4 is 0 Å². The summed E-state index contributed by atoms with van der Waals surface area (Å²) >= 11 is 3.37.